The third kappa shape index (κ3) is 3.76. The van der Waals surface area contributed by atoms with Crippen LogP contribution in [0.25, 0.3) is 0 Å². The Morgan fingerprint density at radius 2 is 1.36 bits per heavy atom. The lowest BCUT2D eigenvalue weighted by Gasteiger charge is -2.62. The topological polar surface area (TPSA) is 55.8 Å². The summed E-state index contributed by atoms with van der Waals surface area (Å²) in [6.07, 6.45) is -25.2. The van der Waals surface area contributed by atoms with Crippen LogP contribution < -0.4 is 0 Å². The Morgan fingerprint density at radius 3 is 1.72 bits per heavy atom. The van der Waals surface area contributed by atoms with Crippen LogP contribution in [0.4, 0.5) is 57.1 Å². The fraction of sp³-hybridized carbons (Fsp3) is 0.947. The Balaban J connectivity index is 3.12. The summed E-state index contributed by atoms with van der Waals surface area (Å²) < 4.78 is 195. The molecular weight excluding hydrogens is 539 g/mol. The molecule has 2 aliphatic rings. The maximum Gasteiger partial charge on any atom is 0.462 e. The molecule has 4 nitrogen and oxygen atoms in total. The van der Waals surface area contributed by atoms with Gasteiger partial charge in [-0.3, -0.25) is 4.79 Å². The van der Waals surface area contributed by atoms with Crippen LogP contribution in [0.15, 0.2) is 0 Å². The van der Waals surface area contributed by atoms with E-state index in [2.05, 4.69) is 9.47 Å². The third-order valence-electron chi connectivity index (χ3n) is 6.74. The highest BCUT2D eigenvalue weighted by Crippen LogP contribution is 2.71. The van der Waals surface area contributed by atoms with Gasteiger partial charge in [0.25, 0.3) is 5.60 Å². The molecule has 36 heavy (non-hydrogen) atoms. The molecule has 1 heterocycles. The number of ether oxygens (including phenoxy) is 2. The van der Waals surface area contributed by atoms with Gasteiger partial charge in [-0.1, -0.05) is 33.1 Å². The van der Waals surface area contributed by atoms with E-state index in [0.717, 1.165) is 13.8 Å². The molecule has 0 amide bonds. The highest BCUT2D eigenvalue weighted by Gasteiger charge is 3.02. The summed E-state index contributed by atoms with van der Waals surface area (Å²) in [4.78, 5) is 12.1. The van der Waals surface area contributed by atoms with Gasteiger partial charge in [0.05, 0.1) is 5.92 Å². The lowest BCUT2D eigenvalue weighted by Crippen LogP contribution is -2.91. The molecule has 0 bridgehead atoms. The number of halogens is 13. The van der Waals surface area contributed by atoms with Crippen LogP contribution >= 0.6 is 0 Å². The van der Waals surface area contributed by atoms with Crippen molar-refractivity contribution in [3.8, 4) is 0 Å². The van der Waals surface area contributed by atoms with Crippen LogP contribution in [0.1, 0.15) is 52.4 Å². The minimum atomic E-state index is -7.52. The molecule has 1 aliphatic carbocycles. The van der Waals surface area contributed by atoms with Gasteiger partial charge in [0.2, 0.25) is 5.60 Å². The maximum atomic E-state index is 15.3. The standard InChI is InChI=1S/C19H21F13O4/c1-3-9(2)11(33)35-16(19(30,31)32)15(22,23)13(34,18(27,28)29)14(20,21)12(36-16,17(24,25)26)10-7-5-4-6-8-10/h9-10,34H,3-8H2,1-2H3. The zero-order valence-electron chi connectivity index (χ0n) is 18.5. The highest BCUT2D eigenvalue weighted by molar-refractivity contribution is 5.72. The molecule has 2 fully saturated rings. The van der Waals surface area contributed by atoms with Gasteiger partial charge in [0, 0.05) is 5.92 Å². The minimum Gasteiger partial charge on any atom is -0.418 e. The van der Waals surface area contributed by atoms with Crippen LogP contribution in [-0.2, 0) is 14.3 Å². The number of hydrogen-bond acceptors (Lipinski definition) is 4. The number of alkyl halides is 13. The lowest BCUT2D eigenvalue weighted by molar-refractivity contribution is -0.584. The monoisotopic (exact) mass is 560 g/mol. The first kappa shape index (κ1) is 30.7. The van der Waals surface area contributed by atoms with Crippen LogP contribution in [0.2, 0.25) is 0 Å². The molecule has 1 aliphatic heterocycles. The predicted molar refractivity (Wildman–Crippen MR) is 91.7 cm³/mol. The molecule has 1 saturated carbocycles. The van der Waals surface area contributed by atoms with Crippen molar-refractivity contribution >= 4 is 5.97 Å². The van der Waals surface area contributed by atoms with E-state index in [1.165, 1.54) is 0 Å². The number of carbonyl (C=O) groups is 1. The van der Waals surface area contributed by atoms with Crippen molar-refractivity contribution in [1.29, 1.82) is 0 Å². The maximum absolute atomic E-state index is 15.3. The molecule has 0 spiro atoms. The Morgan fingerprint density at radius 1 is 0.889 bits per heavy atom. The molecule has 1 saturated heterocycles. The number of hydrogen-bond donors (Lipinski definition) is 1. The molecule has 4 atom stereocenters. The van der Waals surface area contributed by atoms with Crippen molar-refractivity contribution in [2.75, 3.05) is 0 Å². The van der Waals surface area contributed by atoms with Gasteiger partial charge in [-0.25, -0.2) is 0 Å². The fourth-order valence-corrected chi connectivity index (χ4v) is 4.52. The molecule has 2 rings (SSSR count). The normalized spacial score (nSPS) is 34.8. The van der Waals surface area contributed by atoms with Crippen LogP contribution in [0.5, 0.6) is 0 Å². The SMILES string of the molecule is CCC(C)C(=O)OC1(C(F)(F)F)OC(C2CCCCC2)(C(F)(F)F)C(F)(F)C(O)(C(F)(F)F)C1(F)F. The van der Waals surface area contributed by atoms with Crippen LogP contribution in [0.3, 0.4) is 0 Å². The number of esters is 1. The van der Waals surface area contributed by atoms with Gasteiger partial charge in [-0.15, -0.1) is 0 Å². The summed E-state index contributed by atoms with van der Waals surface area (Å²) in [6.45, 7) is 1.78. The minimum absolute atomic E-state index is 0.0309. The van der Waals surface area contributed by atoms with Gasteiger partial charge < -0.3 is 14.6 Å². The van der Waals surface area contributed by atoms with Crippen molar-refractivity contribution < 1.29 is 76.5 Å². The first-order valence-electron chi connectivity index (χ1n) is 10.5. The molecule has 0 radical (unpaired) electrons. The lowest BCUT2D eigenvalue weighted by atomic mass is 9.63. The second kappa shape index (κ2) is 8.76. The predicted octanol–water partition coefficient (Wildman–Crippen LogP) is 6.31. The first-order chi connectivity index (χ1) is 15.9. The summed E-state index contributed by atoms with van der Waals surface area (Å²) in [7, 11) is 0. The van der Waals surface area contributed by atoms with E-state index < -0.39 is 97.3 Å². The molecule has 0 aromatic carbocycles. The summed E-state index contributed by atoms with van der Waals surface area (Å²) in [6, 6.07) is 0. The van der Waals surface area contributed by atoms with Crippen LogP contribution in [-0.4, -0.2) is 58.4 Å². The van der Waals surface area contributed by atoms with E-state index in [9.17, 15) is 49.4 Å². The Labute approximate surface area is 195 Å². The second-order valence-corrected chi connectivity index (χ2v) is 8.87. The van der Waals surface area contributed by atoms with E-state index in [4.69, 9.17) is 0 Å². The first-order valence-corrected chi connectivity index (χ1v) is 10.5. The van der Waals surface area contributed by atoms with Crippen LogP contribution in [0, 0.1) is 11.8 Å². The van der Waals surface area contributed by atoms with Gasteiger partial charge >= 0.3 is 42.1 Å². The van der Waals surface area contributed by atoms with Crippen molar-refractivity contribution in [2.24, 2.45) is 11.8 Å². The fourth-order valence-electron chi connectivity index (χ4n) is 4.52. The van der Waals surface area contributed by atoms with E-state index in [-0.39, 0.29) is 6.42 Å². The largest absolute Gasteiger partial charge is 0.462 e. The van der Waals surface area contributed by atoms with E-state index in [1.54, 1.807) is 0 Å². The number of aliphatic hydroxyl groups is 1. The average Bonchev–Trinajstić information content (AvgIpc) is 2.71. The summed E-state index contributed by atoms with van der Waals surface area (Å²) >= 11 is 0. The van der Waals surface area contributed by atoms with E-state index >= 15 is 17.6 Å². The molecule has 0 aromatic rings. The van der Waals surface area contributed by atoms with E-state index in [0.29, 0.717) is 0 Å². The Hall–Kier alpha value is -1.52. The van der Waals surface area contributed by atoms with Crippen molar-refractivity contribution in [3.63, 3.8) is 0 Å². The highest BCUT2D eigenvalue weighted by atomic mass is 19.4. The van der Waals surface area contributed by atoms with Crippen molar-refractivity contribution in [2.45, 2.75) is 99.7 Å². The van der Waals surface area contributed by atoms with E-state index in [1.807, 2.05) is 0 Å². The zero-order chi connectivity index (χ0) is 28.4. The summed E-state index contributed by atoms with van der Waals surface area (Å²) in [5, 5.41) is 9.80. The van der Waals surface area contributed by atoms with Gasteiger partial charge in [-0.2, -0.15) is 57.1 Å². The number of carbonyl (C=O) groups excluding carboxylic acids is 1. The smallest absolute Gasteiger partial charge is 0.418 e. The number of rotatable bonds is 4. The molecule has 0 aromatic heterocycles. The Bertz CT molecular complexity index is 831. The molecule has 1 N–H and O–H groups in total. The molecule has 17 heteroatoms. The van der Waals surface area contributed by atoms with Gasteiger partial charge in [-0.05, 0) is 19.3 Å². The van der Waals surface area contributed by atoms with Gasteiger partial charge in [0.1, 0.15) is 0 Å². The summed E-state index contributed by atoms with van der Waals surface area (Å²) in [5.74, 6) is -28.4. The second-order valence-electron chi connectivity index (χ2n) is 8.87. The van der Waals surface area contributed by atoms with Gasteiger partial charge in [0.15, 0.2) is 0 Å². The molecular formula is C19H21F13O4. The zero-order valence-corrected chi connectivity index (χ0v) is 18.5. The van der Waals surface area contributed by atoms with Crippen molar-refractivity contribution in [3.05, 3.63) is 0 Å². The summed E-state index contributed by atoms with van der Waals surface area (Å²) in [5.41, 5.74) is -13.3. The quantitative estimate of drug-likeness (QED) is 0.324. The Kier molecular flexibility index (Phi) is 7.48. The molecule has 212 valence electrons. The molecule has 4 unspecified atom stereocenters. The third-order valence-corrected chi connectivity index (χ3v) is 6.74. The average molecular weight is 560 g/mol. The van der Waals surface area contributed by atoms with Crippen molar-refractivity contribution in [1.82, 2.24) is 0 Å².